The van der Waals surface area contributed by atoms with Gasteiger partial charge in [0.25, 0.3) is 5.91 Å². The van der Waals surface area contributed by atoms with Crippen LogP contribution >= 0.6 is 11.6 Å². The molecule has 0 atom stereocenters. The Morgan fingerprint density at radius 3 is 2.39 bits per heavy atom. The molecule has 0 aliphatic carbocycles. The van der Waals surface area contributed by atoms with Crippen LogP contribution in [0.4, 0.5) is 4.79 Å². The fourth-order valence-electron chi connectivity index (χ4n) is 2.13. The van der Waals surface area contributed by atoms with Crippen molar-refractivity contribution in [2.75, 3.05) is 7.05 Å². The van der Waals surface area contributed by atoms with Crippen molar-refractivity contribution in [2.24, 2.45) is 5.73 Å². The van der Waals surface area contributed by atoms with Gasteiger partial charge in [0, 0.05) is 30.7 Å². The lowest BCUT2D eigenvalue weighted by atomic mass is 10.1. The first kappa shape index (κ1) is 16.8. The highest BCUT2D eigenvalue weighted by Gasteiger charge is 2.13. The first-order chi connectivity index (χ1) is 11.0. The van der Waals surface area contributed by atoms with Gasteiger partial charge in [0.1, 0.15) is 0 Å². The number of nitrogens with one attached hydrogen (secondary N) is 1. The average molecular weight is 332 g/mol. The van der Waals surface area contributed by atoms with Crippen molar-refractivity contribution in [2.45, 2.75) is 13.1 Å². The molecule has 0 aliphatic rings. The fraction of sp³-hybridized carbons (Fsp3) is 0.176. The van der Waals surface area contributed by atoms with Gasteiger partial charge in [-0.2, -0.15) is 0 Å². The highest BCUT2D eigenvalue weighted by atomic mass is 35.5. The van der Waals surface area contributed by atoms with Crippen molar-refractivity contribution in [3.63, 3.8) is 0 Å². The Kier molecular flexibility index (Phi) is 5.60. The number of hydrogen-bond donors (Lipinski definition) is 2. The van der Waals surface area contributed by atoms with Gasteiger partial charge in [0.05, 0.1) is 0 Å². The molecule has 3 amide bonds. The van der Waals surface area contributed by atoms with Crippen molar-refractivity contribution in [3.05, 3.63) is 70.2 Å². The number of halogens is 1. The number of primary amides is 1. The van der Waals surface area contributed by atoms with Crippen LogP contribution < -0.4 is 11.1 Å². The summed E-state index contributed by atoms with van der Waals surface area (Å²) in [6.07, 6.45) is 0. The van der Waals surface area contributed by atoms with E-state index in [9.17, 15) is 9.59 Å². The summed E-state index contributed by atoms with van der Waals surface area (Å²) < 4.78 is 0. The summed E-state index contributed by atoms with van der Waals surface area (Å²) in [5.41, 5.74) is 7.36. The Hall–Kier alpha value is -2.53. The monoisotopic (exact) mass is 331 g/mol. The number of amides is 3. The lowest BCUT2D eigenvalue weighted by Crippen LogP contribution is -2.28. The van der Waals surface area contributed by atoms with E-state index in [4.69, 9.17) is 17.3 Å². The quantitative estimate of drug-likeness (QED) is 0.884. The molecule has 0 unspecified atom stereocenters. The molecule has 2 rings (SSSR count). The molecule has 0 saturated heterocycles. The van der Waals surface area contributed by atoms with Gasteiger partial charge in [0.15, 0.2) is 0 Å². The predicted molar refractivity (Wildman–Crippen MR) is 90.1 cm³/mol. The molecule has 5 nitrogen and oxygen atoms in total. The first-order valence-electron chi connectivity index (χ1n) is 7.08. The van der Waals surface area contributed by atoms with Crippen LogP contribution in [0, 0.1) is 0 Å². The Balaban J connectivity index is 2.02. The maximum Gasteiger partial charge on any atom is 0.312 e. The van der Waals surface area contributed by atoms with Crippen LogP contribution in [-0.2, 0) is 13.1 Å². The smallest absolute Gasteiger partial charge is 0.312 e. The molecule has 0 spiro atoms. The lowest BCUT2D eigenvalue weighted by molar-refractivity contribution is 0.0785. The van der Waals surface area contributed by atoms with Crippen LogP contribution in [0.2, 0.25) is 5.02 Å². The number of carbonyl (C=O) groups excluding carboxylic acids is 2. The molecule has 23 heavy (non-hydrogen) atoms. The minimum Gasteiger partial charge on any atom is -0.352 e. The number of nitrogens with two attached hydrogens (primary N) is 1. The summed E-state index contributed by atoms with van der Waals surface area (Å²) >= 11 is 6.12. The number of nitrogens with zero attached hydrogens (tertiary/aromatic N) is 1. The van der Waals surface area contributed by atoms with E-state index in [0.29, 0.717) is 23.7 Å². The molecule has 2 aromatic carbocycles. The first-order valence-corrected chi connectivity index (χ1v) is 7.46. The molecule has 0 aromatic heterocycles. The van der Waals surface area contributed by atoms with Crippen molar-refractivity contribution >= 4 is 23.5 Å². The summed E-state index contributed by atoms with van der Waals surface area (Å²) in [5, 5.41) is 3.14. The molecule has 3 N–H and O–H groups in total. The Bertz CT molecular complexity index is 701. The van der Waals surface area contributed by atoms with Crippen molar-refractivity contribution in [1.29, 1.82) is 0 Å². The second-order valence-electron chi connectivity index (χ2n) is 5.17. The van der Waals surface area contributed by atoms with E-state index in [1.807, 2.05) is 18.2 Å². The normalized spacial score (nSPS) is 10.2. The molecule has 0 aliphatic heterocycles. The number of rotatable bonds is 5. The summed E-state index contributed by atoms with van der Waals surface area (Å²) in [4.78, 5) is 24.7. The topological polar surface area (TPSA) is 75.4 Å². The summed E-state index contributed by atoms with van der Waals surface area (Å²) in [6, 6.07) is 13.9. The third-order valence-electron chi connectivity index (χ3n) is 3.38. The fourth-order valence-corrected chi connectivity index (χ4v) is 2.32. The van der Waals surface area contributed by atoms with Gasteiger partial charge < -0.3 is 16.0 Å². The van der Waals surface area contributed by atoms with Crippen LogP contribution in [0.3, 0.4) is 0 Å². The number of benzene rings is 2. The zero-order valence-electron chi connectivity index (χ0n) is 12.8. The van der Waals surface area contributed by atoms with Gasteiger partial charge in [0.2, 0.25) is 0 Å². The van der Waals surface area contributed by atoms with E-state index in [2.05, 4.69) is 5.32 Å². The standard InChI is InChI=1S/C17H18ClN3O2/c1-21(11-14-4-2-3-5-15(14)18)16(22)13-8-6-12(7-9-13)10-20-17(19)23/h2-9H,10-11H2,1H3,(H3,19,20,23). The molecule has 0 fully saturated rings. The number of hydrogen-bond acceptors (Lipinski definition) is 2. The van der Waals surface area contributed by atoms with Gasteiger partial charge in [-0.05, 0) is 29.3 Å². The maximum absolute atomic E-state index is 12.4. The Labute approximate surface area is 140 Å². The van der Waals surface area contributed by atoms with E-state index < -0.39 is 6.03 Å². The van der Waals surface area contributed by atoms with E-state index in [-0.39, 0.29) is 5.91 Å². The highest BCUT2D eigenvalue weighted by Crippen LogP contribution is 2.17. The zero-order valence-corrected chi connectivity index (χ0v) is 13.5. The van der Waals surface area contributed by atoms with E-state index in [1.165, 1.54) is 0 Å². The maximum atomic E-state index is 12.4. The molecule has 6 heteroatoms. The van der Waals surface area contributed by atoms with Crippen LogP contribution in [0.15, 0.2) is 48.5 Å². The third-order valence-corrected chi connectivity index (χ3v) is 3.75. The van der Waals surface area contributed by atoms with Crippen LogP contribution in [0.5, 0.6) is 0 Å². The number of carbonyl (C=O) groups is 2. The molecule has 0 heterocycles. The molecule has 2 aromatic rings. The van der Waals surface area contributed by atoms with E-state index in [1.54, 1.807) is 42.3 Å². The van der Waals surface area contributed by atoms with Crippen LogP contribution in [0.1, 0.15) is 21.5 Å². The average Bonchev–Trinajstić information content (AvgIpc) is 2.54. The third kappa shape index (κ3) is 4.72. The molecule has 0 bridgehead atoms. The van der Waals surface area contributed by atoms with E-state index >= 15 is 0 Å². The van der Waals surface area contributed by atoms with Crippen molar-refractivity contribution < 1.29 is 9.59 Å². The van der Waals surface area contributed by atoms with Crippen LogP contribution in [0.25, 0.3) is 0 Å². The second kappa shape index (κ2) is 7.65. The van der Waals surface area contributed by atoms with Gasteiger partial charge in [-0.15, -0.1) is 0 Å². The van der Waals surface area contributed by atoms with E-state index in [0.717, 1.165) is 11.1 Å². The molecule has 120 valence electrons. The molecular weight excluding hydrogens is 314 g/mol. The van der Waals surface area contributed by atoms with Gasteiger partial charge in [-0.1, -0.05) is 41.9 Å². The Morgan fingerprint density at radius 1 is 1.13 bits per heavy atom. The minimum atomic E-state index is -0.579. The summed E-state index contributed by atoms with van der Waals surface area (Å²) in [6.45, 7) is 0.767. The molecule has 0 saturated carbocycles. The van der Waals surface area contributed by atoms with Gasteiger partial charge in [-0.25, -0.2) is 4.79 Å². The molecule has 0 radical (unpaired) electrons. The number of urea groups is 1. The Morgan fingerprint density at radius 2 is 1.78 bits per heavy atom. The van der Waals surface area contributed by atoms with Gasteiger partial charge >= 0.3 is 6.03 Å². The SMILES string of the molecule is CN(Cc1ccccc1Cl)C(=O)c1ccc(CNC(N)=O)cc1. The summed E-state index contributed by atoms with van der Waals surface area (Å²) in [7, 11) is 1.73. The predicted octanol–water partition coefficient (Wildman–Crippen LogP) is 2.78. The second-order valence-corrected chi connectivity index (χ2v) is 5.57. The largest absolute Gasteiger partial charge is 0.352 e. The van der Waals surface area contributed by atoms with Crippen molar-refractivity contribution in [3.8, 4) is 0 Å². The van der Waals surface area contributed by atoms with Crippen LogP contribution in [-0.4, -0.2) is 23.9 Å². The van der Waals surface area contributed by atoms with Gasteiger partial charge in [-0.3, -0.25) is 4.79 Å². The molecular formula is C17H18ClN3O2. The minimum absolute atomic E-state index is 0.0978. The lowest BCUT2D eigenvalue weighted by Gasteiger charge is -2.18. The highest BCUT2D eigenvalue weighted by molar-refractivity contribution is 6.31. The zero-order chi connectivity index (χ0) is 16.8. The summed E-state index contributed by atoms with van der Waals surface area (Å²) in [5.74, 6) is -0.0978. The van der Waals surface area contributed by atoms with Crippen molar-refractivity contribution in [1.82, 2.24) is 10.2 Å².